The molecule has 1 aliphatic rings. The summed E-state index contributed by atoms with van der Waals surface area (Å²) in [5, 5.41) is 8.62. The van der Waals surface area contributed by atoms with Gasteiger partial charge in [-0.3, -0.25) is 9.20 Å². The van der Waals surface area contributed by atoms with Crippen LogP contribution in [0.25, 0.3) is 5.78 Å². The molecule has 0 spiro atoms. The standard InChI is InChI=1S/C16H16ClN7O/c1-11-4-5-24-14(20-21-16(24)19-11)15(25)23-8-6-22(7-9-23)13-3-2-12(17)10-18-13/h2-5,10H,6-9H2,1H3. The molecule has 4 heterocycles. The van der Waals surface area contributed by atoms with Gasteiger partial charge in [0.2, 0.25) is 5.82 Å². The fourth-order valence-electron chi connectivity index (χ4n) is 2.86. The second kappa shape index (κ2) is 6.29. The number of piperazine rings is 1. The van der Waals surface area contributed by atoms with E-state index in [2.05, 4.69) is 25.1 Å². The van der Waals surface area contributed by atoms with Crippen LogP contribution < -0.4 is 4.90 Å². The van der Waals surface area contributed by atoms with Crippen LogP contribution in [-0.4, -0.2) is 61.6 Å². The molecule has 3 aromatic rings. The zero-order valence-corrected chi connectivity index (χ0v) is 14.4. The molecule has 8 nitrogen and oxygen atoms in total. The van der Waals surface area contributed by atoms with Gasteiger partial charge >= 0.3 is 0 Å². The molecule has 0 atom stereocenters. The zero-order valence-electron chi connectivity index (χ0n) is 13.6. The topological polar surface area (TPSA) is 79.5 Å². The minimum absolute atomic E-state index is 0.137. The van der Waals surface area contributed by atoms with Crippen LogP contribution in [0.1, 0.15) is 16.3 Å². The van der Waals surface area contributed by atoms with E-state index in [-0.39, 0.29) is 5.91 Å². The summed E-state index contributed by atoms with van der Waals surface area (Å²) in [6.45, 7) is 4.47. The van der Waals surface area contributed by atoms with Gasteiger partial charge in [0, 0.05) is 44.3 Å². The Labute approximate surface area is 149 Å². The van der Waals surface area contributed by atoms with E-state index < -0.39 is 0 Å². The molecule has 1 saturated heterocycles. The van der Waals surface area contributed by atoms with Crippen molar-refractivity contribution in [1.82, 2.24) is 29.5 Å². The van der Waals surface area contributed by atoms with Crippen LogP contribution in [0.2, 0.25) is 5.02 Å². The van der Waals surface area contributed by atoms with Gasteiger partial charge < -0.3 is 9.80 Å². The molecule has 0 saturated carbocycles. The van der Waals surface area contributed by atoms with Crippen molar-refractivity contribution >= 4 is 29.1 Å². The molecule has 1 fully saturated rings. The number of hydrogen-bond donors (Lipinski definition) is 0. The monoisotopic (exact) mass is 357 g/mol. The highest BCUT2D eigenvalue weighted by Gasteiger charge is 2.26. The number of aromatic nitrogens is 5. The molecule has 128 valence electrons. The van der Waals surface area contributed by atoms with E-state index in [4.69, 9.17) is 11.6 Å². The van der Waals surface area contributed by atoms with Gasteiger partial charge in [-0.05, 0) is 25.1 Å². The molecule has 9 heteroatoms. The van der Waals surface area contributed by atoms with Gasteiger partial charge in [-0.25, -0.2) is 9.97 Å². The first-order chi connectivity index (χ1) is 12.1. The Bertz CT molecular complexity index is 916. The van der Waals surface area contributed by atoms with Crippen molar-refractivity contribution in [2.45, 2.75) is 6.92 Å². The molecule has 4 rings (SSSR count). The van der Waals surface area contributed by atoms with Gasteiger partial charge in [0.15, 0.2) is 0 Å². The maximum atomic E-state index is 12.8. The van der Waals surface area contributed by atoms with Crippen LogP contribution in [0.3, 0.4) is 0 Å². The van der Waals surface area contributed by atoms with Gasteiger partial charge in [-0.2, -0.15) is 0 Å². The molecule has 1 amide bonds. The lowest BCUT2D eigenvalue weighted by Crippen LogP contribution is -2.49. The third-order valence-electron chi connectivity index (χ3n) is 4.21. The van der Waals surface area contributed by atoms with Gasteiger partial charge in [0.05, 0.1) is 5.02 Å². The molecule has 0 aromatic carbocycles. The summed E-state index contributed by atoms with van der Waals surface area (Å²) in [6.07, 6.45) is 3.41. The van der Waals surface area contributed by atoms with Crippen molar-refractivity contribution in [3.8, 4) is 0 Å². The number of rotatable bonds is 2. The van der Waals surface area contributed by atoms with E-state index >= 15 is 0 Å². The number of nitrogens with zero attached hydrogens (tertiary/aromatic N) is 7. The van der Waals surface area contributed by atoms with Crippen molar-refractivity contribution < 1.29 is 4.79 Å². The maximum Gasteiger partial charge on any atom is 0.292 e. The number of halogens is 1. The number of hydrogen-bond acceptors (Lipinski definition) is 6. The second-order valence-electron chi connectivity index (χ2n) is 5.88. The Morgan fingerprint density at radius 3 is 2.64 bits per heavy atom. The fraction of sp³-hybridized carbons (Fsp3) is 0.312. The fourth-order valence-corrected chi connectivity index (χ4v) is 2.97. The number of anilines is 1. The van der Waals surface area contributed by atoms with Crippen LogP contribution in [0, 0.1) is 6.92 Å². The molecule has 1 aliphatic heterocycles. The van der Waals surface area contributed by atoms with E-state index in [1.807, 2.05) is 25.1 Å². The highest BCUT2D eigenvalue weighted by atomic mass is 35.5. The predicted octanol–water partition coefficient (Wildman–Crippen LogP) is 1.44. The lowest BCUT2D eigenvalue weighted by atomic mass is 10.3. The van der Waals surface area contributed by atoms with E-state index in [1.54, 1.807) is 21.7 Å². The van der Waals surface area contributed by atoms with Crippen molar-refractivity contribution in [3.63, 3.8) is 0 Å². The maximum absolute atomic E-state index is 12.8. The number of carbonyl (C=O) groups excluding carboxylic acids is 1. The molecule has 0 unspecified atom stereocenters. The lowest BCUT2D eigenvalue weighted by molar-refractivity contribution is 0.0733. The normalized spacial score (nSPS) is 15.0. The summed E-state index contributed by atoms with van der Waals surface area (Å²) in [4.78, 5) is 25.3. The average Bonchev–Trinajstić information content (AvgIpc) is 3.05. The molecule has 0 aliphatic carbocycles. The number of aryl methyl sites for hydroxylation is 1. The Morgan fingerprint density at radius 2 is 1.92 bits per heavy atom. The minimum Gasteiger partial charge on any atom is -0.353 e. The zero-order chi connectivity index (χ0) is 17.4. The third kappa shape index (κ3) is 3.00. The van der Waals surface area contributed by atoms with Gasteiger partial charge in [0.25, 0.3) is 11.7 Å². The number of pyridine rings is 1. The Kier molecular flexibility index (Phi) is 3.96. The quantitative estimate of drug-likeness (QED) is 0.690. The van der Waals surface area contributed by atoms with Gasteiger partial charge in [-0.1, -0.05) is 11.6 Å². The van der Waals surface area contributed by atoms with Crippen LogP contribution in [0.15, 0.2) is 30.6 Å². The van der Waals surface area contributed by atoms with E-state index in [0.29, 0.717) is 42.8 Å². The van der Waals surface area contributed by atoms with Crippen molar-refractivity contribution in [2.75, 3.05) is 31.1 Å². The summed E-state index contributed by atoms with van der Waals surface area (Å²) in [5.74, 6) is 1.46. The Morgan fingerprint density at radius 1 is 1.12 bits per heavy atom. The summed E-state index contributed by atoms with van der Waals surface area (Å²) in [6, 6.07) is 5.54. The van der Waals surface area contributed by atoms with Crippen LogP contribution in [-0.2, 0) is 0 Å². The first kappa shape index (κ1) is 15.8. The van der Waals surface area contributed by atoms with E-state index in [1.165, 1.54) is 0 Å². The van der Waals surface area contributed by atoms with Crippen molar-refractivity contribution in [1.29, 1.82) is 0 Å². The van der Waals surface area contributed by atoms with Crippen molar-refractivity contribution in [3.05, 3.63) is 47.1 Å². The largest absolute Gasteiger partial charge is 0.353 e. The third-order valence-corrected chi connectivity index (χ3v) is 4.44. The highest BCUT2D eigenvalue weighted by Crippen LogP contribution is 2.17. The summed E-state index contributed by atoms with van der Waals surface area (Å²) >= 11 is 5.88. The van der Waals surface area contributed by atoms with Gasteiger partial charge in [-0.15, -0.1) is 10.2 Å². The molecule has 0 radical (unpaired) electrons. The Hall–Kier alpha value is -2.74. The summed E-state index contributed by atoms with van der Waals surface area (Å²) in [5.41, 5.74) is 0.836. The van der Waals surface area contributed by atoms with E-state index in [9.17, 15) is 4.79 Å². The van der Waals surface area contributed by atoms with Gasteiger partial charge in [0.1, 0.15) is 5.82 Å². The lowest BCUT2D eigenvalue weighted by Gasteiger charge is -2.35. The van der Waals surface area contributed by atoms with Crippen LogP contribution in [0.4, 0.5) is 5.82 Å². The number of amides is 1. The predicted molar refractivity (Wildman–Crippen MR) is 92.9 cm³/mol. The first-order valence-corrected chi connectivity index (χ1v) is 8.34. The molecule has 0 bridgehead atoms. The highest BCUT2D eigenvalue weighted by molar-refractivity contribution is 6.30. The number of fused-ring (bicyclic) bond motifs is 1. The second-order valence-corrected chi connectivity index (χ2v) is 6.31. The molecular formula is C16H16ClN7O. The molecule has 25 heavy (non-hydrogen) atoms. The molecule has 0 N–H and O–H groups in total. The number of carbonyl (C=O) groups is 1. The molecular weight excluding hydrogens is 342 g/mol. The van der Waals surface area contributed by atoms with E-state index in [0.717, 1.165) is 11.5 Å². The summed E-state index contributed by atoms with van der Waals surface area (Å²) in [7, 11) is 0. The average molecular weight is 358 g/mol. The smallest absolute Gasteiger partial charge is 0.292 e. The first-order valence-electron chi connectivity index (χ1n) is 7.96. The summed E-state index contributed by atoms with van der Waals surface area (Å²) < 4.78 is 1.63. The SMILES string of the molecule is Cc1ccn2c(C(=O)N3CCN(c4ccc(Cl)cn4)CC3)nnc2n1. The molecule has 3 aromatic heterocycles. The minimum atomic E-state index is -0.137. The van der Waals surface area contributed by atoms with Crippen molar-refractivity contribution in [2.24, 2.45) is 0 Å². The van der Waals surface area contributed by atoms with Crippen LogP contribution >= 0.6 is 11.6 Å². The Balaban J connectivity index is 1.48. The van der Waals surface area contributed by atoms with Crippen LogP contribution in [0.5, 0.6) is 0 Å².